The Hall–Kier alpha value is -1.32. The van der Waals surface area contributed by atoms with E-state index < -0.39 is 0 Å². The third kappa shape index (κ3) is 1.71. The maximum absolute atomic E-state index is 11.7. The van der Waals surface area contributed by atoms with E-state index >= 15 is 0 Å². The van der Waals surface area contributed by atoms with E-state index in [0.717, 1.165) is 25.9 Å². The van der Waals surface area contributed by atoms with Crippen molar-refractivity contribution in [1.82, 2.24) is 14.9 Å². The van der Waals surface area contributed by atoms with Crippen LogP contribution in [0.4, 0.5) is 0 Å². The van der Waals surface area contributed by atoms with Crippen LogP contribution in [0.5, 0.6) is 0 Å². The molecule has 0 saturated carbocycles. The third-order valence-corrected chi connectivity index (χ3v) is 2.37. The molecule has 1 N–H and O–H groups in total. The van der Waals surface area contributed by atoms with Crippen molar-refractivity contribution < 1.29 is 4.79 Å². The van der Waals surface area contributed by atoms with Crippen molar-refractivity contribution in [2.75, 3.05) is 13.1 Å². The zero-order valence-electron chi connectivity index (χ0n) is 7.49. The molecule has 1 aromatic heterocycles. The van der Waals surface area contributed by atoms with Gasteiger partial charge in [-0.3, -0.25) is 4.79 Å². The maximum atomic E-state index is 11.7. The number of imidazole rings is 1. The fourth-order valence-electron chi connectivity index (χ4n) is 1.64. The molecular formula is C9H13N3O. The lowest BCUT2D eigenvalue weighted by Crippen LogP contribution is -2.35. The molecule has 0 unspecified atom stereocenters. The summed E-state index contributed by atoms with van der Waals surface area (Å²) in [6, 6.07) is 0. The van der Waals surface area contributed by atoms with Crippen LogP contribution in [-0.4, -0.2) is 33.9 Å². The molecule has 4 heteroatoms. The number of likely N-dealkylation sites (tertiary alicyclic amines) is 1. The molecule has 1 aliphatic rings. The van der Waals surface area contributed by atoms with E-state index in [-0.39, 0.29) is 5.91 Å². The van der Waals surface area contributed by atoms with Gasteiger partial charge in [0, 0.05) is 13.1 Å². The summed E-state index contributed by atoms with van der Waals surface area (Å²) >= 11 is 0. The molecule has 0 spiro atoms. The Balaban J connectivity index is 2.04. The van der Waals surface area contributed by atoms with Crippen LogP contribution in [0.15, 0.2) is 12.5 Å². The van der Waals surface area contributed by atoms with E-state index in [2.05, 4.69) is 9.97 Å². The predicted octanol–water partition coefficient (Wildman–Crippen LogP) is 1.04. The number of carbonyl (C=O) groups excluding carboxylic acids is 1. The van der Waals surface area contributed by atoms with Gasteiger partial charge in [0.1, 0.15) is 5.69 Å². The second-order valence-corrected chi connectivity index (χ2v) is 3.32. The van der Waals surface area contributed by atoms with E-state index in [9.17, 15) is 4.79 Å². The van der Waals surface area contributed by atoms with E-state index in [1.807, 2.05) is 4.90 Å². The fraction of sp³-hybridized carbons (Fsp3) is 0.556. The number of amides is 1. The van der Waals surface area contributed by atoms with Crippen LogP contribution in [-0.2, 0) is 0 Å². The van der Waals surface area contributed by atoms with Crippen molar-refractivity contribution in [1.29, 1.82) is 0 Å². The van der Waals surface area contributed by atoms with E-state index in [0.29, 0.717) is 5.69 Å². The number of H-pyrrole nitrogens is 1. The number of hydrogen-bond donors (Lipinski definition) is 1. The first-order valence-corrected chi connectivity index (χ1v) is 4.65. The molecule has 13 heavy (non-hydrogen) atoms. The highest BCUT2D eigenvalue weighted by molar-refractivity contribution is 5.92. The Labute approximate surface area is 77.0 Å². The second-order valence-electron chi connectivity index (χ2n) is 3.32. The lowest BCUT2D eigenvalue weighted by atomic mass is 10.1. The fourth-order valence-corrected chi connectivity index (χ4v) is 1.64. The van der Waals surface area contributed by atoms with Gasteiger partial charge in [0.15, 0.2) is 0 Å². The van der Waals surface area contributed by atoms with Gasteiger partial charge in [-0.15, -0.1) is 0 Å². The van der Waals surface area contributed by atoms with Crippen LogP contribution in [0.3, 0.4) is 0 Å². The molecule has 0 aliphatic carbocycles. The standard InChI is InChI=1S/C9H13N3O/c13-9(8-6-10-7-11-8)12-4-2-1-3-5-12/h6-7H,1-5H2,(H,10,11). The molecule has 1 aliphatic heterocycles. The highest BCUT2D eigenvalue weighted by Crippen LogP contribution is 2.11. The van der Waals surface area contributed by atoms with Gasteiger partial charge in [-0.1, -0.05) is 0 Å². The average molecular weight is 179 g/mol. The number of carbonyl (C=O) groups is 1. The van der Waals surface area contributed by atoms with Crippen molar-refractivity contribution >= 4 is 5.91 Å². The van der Waals surface area contributed by atoms with Crippen molar-refractivity contribution in [2.45, 2.75) is 19.3 Å². The molecule has 2 heterocycles. The van der Waals surface area contributed by atoms with Gasteiger partial charge in [-0.25, -0.2) is 4.98 Å². The summed E-state index contributed by atoms with van der Waals surface area (Å²) in [6.07, 6.45) is 6.61. The first-order valence-electron chi connectivity index (χ1n) is 4.65. The maximum Gasteiger partial charge on any atom is 0.271 e. The number of rotatable bonds is 1. The van der Waals surface area contributed by atoms with Crippen LogP contribution in [0.2, 0.25) is 0 Å². The van der Waals surface area contributed by atoms with Crippen LogP contribution < -0.4 is 0 Å². The zero-order chi connectivity index (χ0) is 9.10. The Kier molecular flexibility index (Phi) is 2.29. The Morgan fingerprint density at radius 1 is 1.38 bits per heavy atom. The summed E-state index contributed by atoms with van der Waals surface area (Å²) < 4.78 is 0. The third-order valence-electron chi connectivity index (χ3n) is 2.37. The SMILES string of the molecule is O=C(c1cnc[nH]1)N1CCCCC1. The van der Waals surface area contributed by atoms with Crippen LogP contribution in [0, 0.1) is 0 Å². The molecule has 4 nitrogen and oxygen atoms in total. The van der Waals surface area contributed by atoms with Gasteiger partial charge in [-0.2, -0.15) is 0 Å². The van der Waals surface area contributed by atoms with Crippen molar-refractivity contribution in [2.24, 2.45) is 0 Å². The summed E-state index contributed by atoms with van der Waals surface area (Å²) in [5.41, 5.74) is 0.599. The first kappa shape index (κ1) is 8.29. The molecule has 0 aromatic carbocycles. The topological polar surface area (TPSA) is 49.0 Å². The zero-order valence-corrected chi connectivity index (χ0v) is 7.49. The minimum Gasteiger partial charge on any atom is -0.341 e. The summed E-state index contributed by atoms with van der Waals surface area (Å²) in [4.78, 5) is 20.3. The largest absolute Gasteiger partial charge is 0.341 e. The highest BCUT2D eigenvalue weighted by atomic mass is 16.2. The summed E-state index contributed by atoms with van der Waals surface area (Å²) in [5, 5.41) is 0. The summed E-state index contributed by atoms with van der Waals surface area (Å²) in [7, 11) is 0. The number of hydrogen-bond acceptors (Lipinski definition) is 2. The number of nitrogens with zero attached hydrogens (tertiary/aromatic N) is 2. The number of piperidine rings is 1. The molecule has 1 amide bonds. The smallest absolute Gasteiger partial charge is 0.271 e. The second kappa shape index (κ2) is 3.60. The van der Waals surface area contributed by atoms with Gasteiger partial charge in [0.05, 0.1) is 12.5 Å². The van der Waals surface area contributed by atoms with Gasteiger partial charge in [0.25, 0.3) is 5.91 Å². The normalized spacial score (nSPS) is 17.4. The van der Waals surface area contributed by atoms with E-state index in [1.54, 1.807) is 6.20 Å². The molecule has 2 rings (SSSR count). The number of aromatic nitrogens is 2. The number of aromatic amines is 1. The Morgan fingerprint density at radius 3 is 2.77 bits per heavy atom. The Morgan fingerprint density at radius 2 is 2.15 bits per heavy atom. The average Bonchev–Trinajstić information content (AvgIpc) is 2.71. The minimum atomic E-state index is 0.0807. The van der Waals surface area contributed by atoms with Crippen LogP contribution in [0.1, 0.15) is 29.8 Å². The van der Waals surface area contributed by atoms with Crippen molar-refractivity contribution in [3.8, 4) is 0 Å². The Bertz CT molecular complexity index is 275. The van der Waals surface area contributed by atoms with E-state index in [4.69, 9.17) is 0 Å². The van der Waals surface area contributed by atoms with Gasteiger partial charge < -0.3 is 9.88 Å². The van der Waals surface area contributed by atoms with Crippen molar-refractivity contribution in [3.05, 3.63) is 18.2 Å². The lowest BCUT2D eigenvalue weighted by molar-refractivity contribution is 0.0719. The monoisotopic (exact) mass is 179 g/mol. The molecule has 0 bridgehead atoms. The van der Waals surface area contributed by atoms with Gasteiger partial charge in [0.2, 0.25) is 0 Å². The van der Waals surface area contributed by atoms with Crippen LogP contribution >= 0.6 is 0 Å². The molecule has 0 atom stereocenters. The van der Waals surface area contributed by atoms with Gasteiger partial charge in [-0.05, 0) is 19.3 Å². The first-order chi connectivity index (χ1) is 6.38. The minimum absolute atomic E-state index is 0.0807. The molecule has 1 saturated heterocycles. The summed E-state index contributed by atoms with van der Waals surface area (Å²) in [5.74, 6) is 0.0807. The molecule has 1 aromatic rings. The van der Waals surface area contributed by atoms with Crippen molar-refractivity contribution in [3.63, 3.8) is 0 Å². The lowest BCUT2D eigenvalue weighted by Gasteiger charge is -2.25. The van der Waals surface area contributed by atoms with Crippen LogP contribution in [0.25, 0.3) is 0 Å². The molecule has 70 valence electrons. The molecular weight excluding hydrogens is 166 g/mol. The van der Waals surface area contributed by atoms with E-state index in [1.165, 1.54) is 12.7 Å². The predicted molar refractivity (Wildman–Crippen MR) is 48.3 cm³/mol. The summed E-state index contributed by atoms with van der Waals surface area (Å²) in [6.45, 7) is 1.77. The highest BCUT2D eigenvalue weighted by Gasteiger charge is 2.18. The quantitative estimate of drug-likeness (QED) is 0.700. The number of nitrogens with one attached hydrogen (secondary N) is 1. The molecule has 0 radical (unpaired) electrons. The molecule has 1 fully saturated rings. The van der Waals surface area contributed by atoms with Gasteiger partial charge >= 0.3 is 0 Å².